The van der Waals surface area contributed by atoms with E-state index in [1.807, 2.05) is 54.8 Å². The minimum atomic E-state index is -0.0977. The van der Waals surface area contributed by atoms with E-state index in [2.05, 4.69) is 15.5 Å². The molecular formula is C21H20N4O3S. The predicted octanol–water partition coefficient (Wildman–Crippen LogP) is 4.53. The molecule has 1 amide bonds. The van der Waals surface area contributed by atoms with E-state index in [1.165, 1.54) is 11.8 Å². The van der Waals surface area contributed by atoms with E-state index < -0.39 is 0 Å². The summed E-state index contributed by atoms with van der Waals surface area (Å²) in [6.45, 7) is 4.40. The monoisotopic (exact) mass is 408 g/mol. The van der Waals surface area contributed by atoms with Crippen molar-refractivity contribution >= 4 is 23.4 Å². The molecule has 7 nitrogen and oxygen atoms in total. The number of aromatic nitrogens is 3. The Kier molecular flexibility index (Phi) is 5.53. The second-order valence-electron chi connectivity index (χ2n) is 6.55. The number of rotatable bonds is 7. The summed E-state index contributed by atoms with van der Waals surface area (Å²) in [5.41, 5.74) is 2.92. The highest BCUT2D eigenvalue weighted by Gasteiger charge is 2.19. The molecule has 8 heteroatoms. The number of carbonyl (C=O) groups is 1. The van der Waals surface area contributed by atoms with E-state index in [0.29, 0.717) is 23.3 Å². The maximum absolute atomic E-state index is 12.5. The number of amides is 1. The molecule has 0 bridgehead atoms. The Bertz CT molecular complexity index is 1080. The maximum Gasteiger partial charge on any atom is 0.234 e. The molecular weight excluding hydrogens is 388 g/mol. The fourth-order valence-electron chi connectivity index (χ4n) is 3.00. The highest BCUT2D eigenvalue weighted by molar-refractivity contribution is 7.99. The number of furan rings is 2. The third-order valence-corrected chi connectivity index (χ3v) is 5.40. The van der Waals surface area contributed by atoms with Crippen LogP contribution in [0.25, 0.3) is 11.6 Å². The lowest BCUT2D eigenvalue weighted by molar-refractivity contribution is -0.113. The van der Waals surface area contributed by atoms with E-state index in [0.717, 1.165) is 22.6 Å². The second kappa shape index (κ2) is 8.40. The molecule has 1 N–H and O–H groups in total. The standard InChI is InChI=1S/C21H20N4O3S/c1-14-6-3-7-15(2)19(14)22-18(26)13-29-21-24-23-20(17-9-5-11-28-17)25(21)12-16-8-4-10-27-16/h3-11H,12-13H2,1-2H3,(H,22,26). The van der Waals surface area contributed by atoms with Gasteiger partial charge in [-0.15, -0.1) is 10.2 Å². The maximum atomic E-state index is 12.5. The van der Waals surface area contributed by atoms with Crippen molar-refractivity contribution < 1.29 is 13.6 Å². The number of thioether (sulfide) groups is 1. The molecule has 0 saturated heterocycles. The summed E-state index contributed by atoms with van der Waals surface area (Å²) in [4.78, 5) is 12.5. The zero-order valence-corrected chi connectivity index (χ0v) is 16.9. The van der Waals surface area contributed by atoms with Crippen molar-refractivity contribution in [2.24, 2.45) is 0 Å². The largest absolute Gasteiger partial charge is 0.467 e. The topological polar surface area (TPSA) is 86.1 Å². The zero-order valence-electron chi connectivity index (χ0n) is 16.1. The Morgan fingerprint density at radius 1 is 1.03 bits per heavy atom. The van der Waals surface area contributed by atoms with Gasteiger partial charge < -0.3 is 14.2 Å². The van der Waals surface area contributed by atoms with Crippen LogP contribution in [-0.2, 0) is 11.3 Å². The third-order valence-electron chi connectivity index (χ3n) is 4.43. The van der Waals surface area contributed by atoms with Gasteiger partial charge in [0.1, 0.15) is 5.76 Å². The lowest BCUT2D eigenvalue weighted by Crippen LogP contribution is -2.16. The van der Waals surface area contributed by atoms with E-state index in [-0.39, 0.29) is 11.7 Å². The van der Waals surface area contributed by atoms with Crippen LogP contribution in [-0.4, -0.2) is 26.4 Å². The van der Waals surface area contributed by atoms with Gasteiger partial charge in [0, 0.05) is 5.69 Å². The number of para-hydroxylation sites is 1. The number of carbonyl (C=O) groups excluding carboxylic acids is 1. The number of nitrogens with one attached hydrogen (secondary N) is 1. The summed E-state index contributed by atoms with van der Waals surface area (Å²) < 4.78 is 12.8. The van der Waals surface area contributed by atoms with Crippen molar-refractivity contribution in [2.75, 3.05) is 11.1 Å². The van der Waals surface area contributed by atoms with Gasteiger partial charge in [-0.05, 0) is 49.2 Å². The quantitative estimate of drug-likeness (QED) is 0.452. The van der Waals surface area contributed by atoms with Gasteiger partial charge in [-0.25, -0.2) is 0 Å². The fraction of sp³-hybridized carbons (Fsp3) is 0.190. The van der Waals surface area contributed by atoms with Crippen molar-refractivity contribution in [2.45, 2.75) is 25.5 Å². The molecule has 0 atom stereocenters. The highest BCUT2D eigenvalue weighted by atomic mass is 32.2. The van der Waals surface area contributed by atoms with Gasteiger partial charge in [0.15, 0.2) is 10.9 Å². The fourth-order valence-corrected chi connectivity index (χ4v) is 3.74. The minimum absolute atomic E-state index is 0.0977. The number of hydrogen-bond donors (Lipinski definition) is 1. The molecule has 4 rings (SSSR count). The molecule has 29 heavy (non-hydrogen) atoms. The Morgan fingerprint density at radius 2 is 1.79 bits per heavy atom. The van der Waals surface area contributed by atoms with Gasteiger partial charge in [0.25, 0.3) is 0 Å². The first-order valence-electron chi connectivity index (χ1n) is 9.10. The molecule has 3 heterocycles. The molecule has 3 aromatic heterocycles. The van der Waals surface area contributed by atoms with Crippen LogP contribution in [0, 0.1) is 13.8 Å². The van der Waals surface area contributed by atoms with Crippen LogP contribution in [0.1, 0.15) is 16.9 Å². The normalized spacial score (nSPS) is 11.0. The summed E-state index contributed by atoms with van der Waals surface area (Å²) in [6, 6.07) is 13.3. The summed E-state index contributed by atoms with van der Waals surface area (Å²) in [5.74, 6) is 2.07. The van der Waals surface area contributed by atoms with E-state index in [1.54, 1.807) is 18.6 Å². The molecule has 0 aliphatic heterocycles. The van der Waals surface area contributed by atoms with Crippen LogP contribution < -0.4 is 5.32 Å². The summed E-state index contributed by atoms with van der Waals surface area (Å²) >= 11 is 1.32. The third kappa shape index (κ3) is 4.27. The van der Waals surface area contributed by atoms with Gasteiger partial charge in [0.05, 0.1) is 24.8 Å². The first-order valence-corrected chi connectivity index (χ1v) is 10.1. The number of benzene rings is 1. The van der Waals surface area contributed by atoms with Crippen LogP contribution in [0.4, 0.5) is 5.69 Å². The van der Waals surface area contributed by atoms with Crippen LogP contribution in [0.3, 0.4) is 0 Å². The number of hydrogen-bond acceptors (Lipinski definition) is 6. The predicted molar refractivity (Wildman–Crippen MR) is 111 cm³/mol. The number of nitrogens with zero attached hydrogens (tertiary/aromatic N) is 3. The molecule has 0 spiro atoms. The lowest BCUT2D eigenvalue weighted by Gasteiger charge is -2.11. The molecule has 0 saturated carbocycles. The van der Waals surface area contributed by atoms with Gasteiger partial charge in [0.2, 0.25) is 11.7 Å². The van der Waals surface area contributed by atoms with E-state index in [9.17, 15) is 4.79 Å². The molecule has 0 unspecified atom stereocenters. The van der Waals surface area contributed by atoms with Crippen molar-refractivity contribution in [3.8, 4) is 11.6 Å². The Hall–Kier alpha value is -3.26. The van der Waals surface area contributed by atoms with Gasteiger partial charge in [-0.3, -0.25) is 9.36 Å². The van der Waals surface area contributed by atoms with Crippen LogP contribution in [0.15, 0.2) is 69.0 Å². The SMILES string of the molecule is Cc1cccc(C)c1NC(=O)CSc1nnc(-c2ccco2)n1Cc1ccco1. The first kappa shape index (κ1) is 19.1. The van der Waals surface area contributed by atoms with Gasteiger partial charge in [-0.2, -0.15) is 0 Å². The molecule has 0 radical (unpaired) electrons. The van der Waals surface area contributed by atoms with E-state index >= 15 is 0 Å². The molecule has 4 aromatic rings. The van der Waals surface area contributed by atoms with Crippen LogP contribution >= 0.6 is 11.8 Å². The average Bonchev–Trinajstić information content (AvgIpc) is 3.46. The Balaban J connectivity index is 1.51. The average molecular weight is 408 g/mol. The van der Waals surface area contributed by atoms with Crippen molar-refractivity contribution in [3.05, 3.63) is 71.9 Å². The molecule has 0 fully saturated rings. The van der Waals surface area contributed by atoms with Crippen molar-refractivity contribution in [3.63, 3.8) is 0 Å². The lowest BCUT2D eigenvalue weighted by atomic mass is 10.1. The summed E-state index contributed by atoms with van der Waals surface area (Å²) in [6.07, 6.45) is 3.21. The van der Waals surface area contributed by atoms with Crippen LogP contribution in [0.5, 0.6) is 0 Å². The molecule has 0 aliphatic rings. The highest BCUT2D eigenvalue weighted by Crippen LogP contribution is 2.26. The smallest absolute Gasteiger partial charge is 0.234 e. The second-order valence-corrected chi connectivity index (χ2v) is 7.50. The first-order chi connectivity index (χ1) is 14.1. The van der Waals surface area contributed by atoms with Crippen molar-refractivity contribution in [1.82, 2.24) is 14.8 Å². The molecule has 0 aliphatic carbocycles. The summed E-state index contributed by atoms with van der Waals surface area (Å²) in [5, 5.41) is 12.1. The summed E-state index contributed by atoms with van der Waals surface area (Å²) in [7, 11) is 0. The minimum Gasteiger partial charge on any atom is -0.467 e. The number of aryl methyl sites for hydroxylation is 2. The Labute approximate surface area is 172 Å². The zero-order chi connectivity index (χ0) is 20.2. The van der Waals surface area contributed by atoms with Crippen LogP contribution in [0.2, 0.25) is 0 Å². The van der Waals surface area contributed by atoms with Gasteiger partial charge in [-0.1, -0.05) is 30.0 Å². The molecule has 148 valence electrons. The van der Waals surface area contributed by atoms with Gasteiger partial charge >= 0.3 is 0 Å². The number of anilines is 1. The Morgan fingerprint density at radius 3 is 2.48 bits per heavy atom. The van der Waals surface area contributed by atoms with E-state index in [4.69, 9.17) is 8.83 Å². The van der Waals surface area contributed by atoms with Crippen molar-refractivity contribution in [1.29, 1.82) is 0 Å². The molecule has 1 aromatic carbocycles.